The van der Waals surface area contributed by atoms with Gasteiger partial charge in [0.2, 0.25) is 0 Å². The van der Waals surface area contributed by atoms with Gasteiger partial charge in [-0.25, -0.2) is 4.99 Å². The van der Waals surface area contributed by atoms with Crippen molar-refractivity contribution in [1.82, 2.24) is 20.6 Å². The van der Waals surface area contributed by atoms with Gasteiger partial charge in [-0.05, 0) is 59.5 Å². The first kappa shape index (κ1) is 21.0. The van der Waals surface area contributed by atoms with Crippen molar-refractivity contribution in [3.8, 4) is 10.6 Å². The number of benzene rings is 1. The Morgan fingerprint density at radius 3 is 2.90 bits per heavy atom. The standard InChI is InChI=1S/C22H24IN5OS/c1-3-4-5-11-17-24-19-18(16-10-7-12-30-16)25-26-20(19)21(23)28(17)27-22(29)15-9-6-8-14(2)13-15/h6-10,12-13,21H,3-5,11H2,1-2H3,(H,25,26)(H,27,29). The molecule has 1 amide bonds. The van der Waals surface area contributed by atoms with Crippen LogP contribution in [0.15, 0.2) is 46.8 Å². The molecule has 156 valence electrons. The number of carbonyl (C=O) groups excluding carboxylic acids is 1. The third kappa shape index (κ3) is 4.29. The molecule has 1 aromatic carbocycles. The van der Waals surface area contributed by atoms with Crippen LogP contribution in [0.5, 0.6) is 0 Å². The summed E-state index contributed by atoms with van der Waals surface area (Å²) in [4.78, 5) is 19.0. The van der Waals surface area contributed by atoms with Gasteiger partial charge < -0.3 is 0 Å². The van der Waals surface area contributed by atoms with Gasteiger partial charge in [-0.1, -0.05) is 43.5 Å². The van der Waals surface area contributed by atoms with Gasteiger partial charge in [0.25, 0.3) is 5.91 Å². The minimum absolute atomic E-state index is 0.123. The fourth-order valence-corrected chi connectivity index (χ4v) is 5.06. The molecule has 0 radical (unpaired) electrons. The van der Waals surface area contributed by atoms with Gasteiger partial charge in [0.1, 0.15) is 21.3 Å². The maximum Gasteiger partial charge on any atom is 0.269 e. The Kier molecular flexibility index (Phi) is 6.52. The van der Waals surface area contributed by atoms with Crippen LogP contribution in [0.3, 0.4) is 0 Å². The van der Waals surface area contributed by atoms with Crippen molar-refractivity contribution in [2.75, 3.05) is 0 Å². The van der Waals surface area contributed by atoms with Crippen LogP contribution in [0.4, 0.5) is 5.69 Å². The molecule has 2 aromatic heterocycles. The van der Waals surface area contributed by atoms with E-state index in [-0.39, 0.29) is 9.96 Å². The molecule has 8 heteroatoms. The molecule has 0 fully saturated rings. The van der Waals surface area contributed by atoms with Crippen LogP contribution >= 0.6 is 33.9 Å². The van der Waals surface area contributed by atoms with E-state index in [0.29, 0.717) is 5.56 Å². The van der Waals surface area contributed by atoms with E-state index < -0.39 is 0 Å². The highest BCUT2D eigenvalue weighted by Crippen LogP contribution is 2.43. The number of H-pyrrole nitrogens is 1. The molecule has 1 unspecified atom stereocenters. The fraction of sp³-hybridized carbons (Fsp3) is 0.318. The number of nitrogens with zero attached hydrogens (tertiary/aromatic N) is 3. The topological polar surface area (TPSA) is 73.4 Å². The average Bonchev–Trinajstić information content (AvgIpc) is 3.40. The Bertz CT molecular complexity index is 1060. The molecule has 3 aromatic rings. The van der Waals surface area contributed by atoms with Gasteiger partial charge in [0.15, 0.2) is 0 Å². The number of unbranched alkanes of at least 4 members (excludes halogenated alkanes) is 2. The highest BCUT2D eigenvalue weighted by molar-refractivity contribution is 14.1. The summed E-state index contributed by atoms with van der Waals surface area (Å²) in [5.41, 5.74) is 7.44. The van der Waals surface area contributed by atoms with E-state index in [1.54, 1.807) is 11.3 Å². The number of alkyl halides is 1. The normalized spacial score (nSPS) is 15.6. The number of aromatic nitrogens is 2. The van der Waals surface area contributed by atoms with E-state index in [0.717, 1.165) is 59.0 Å². The van der Waals surface area contributed by atoms with Gasteiger partial charge in [-0.15, -0.1) is 11.3 Å². The van der Waals surface area contributed by atoms with E-state index in [9.17, 15) is 4.79 Å². The number of aryl methyl sites for hydroxylation is 1. The van der Waals surface area contributed by atoms with E-state index in [1.807, 2.05) is 47.6 Å². The highest BCUT2D eigenvalue weighted by atomic mass is 127. The molecule has 0 saturated heterocycles. The SMILES string of the molecule is CCCCCC1=Nc2c(-c3cccs3)n[nH]c2C(I)N1NC(=O)c1cccc(C)c1. The number of aromatic amines is 1. The number of thiophene rings is 1. The largest absolute Gasteiger partial charge is 0.277 e. The quantitative estimate of drug-likeness (QED) is 0.166. The number of nitrogens with one attached hydrogen (secondary N) is 2. The van der Waals surface area contributed by atoms with Crippen LogP contribution in [-0.4, -0.2) is 26.9 Å². The third-order valence-electron chi connectivity index (χ3n) is 5.01. The lowest BCUT2D eigenvalue weighted by Gasteiger charge is -2.33. The van der Waals surface area contributed by atoms with E-state index in [2.05, 4.69) is 51.2 Å². The first-order valence-corrected chi connectivity index (χ1v) is 12.2. The molecule has 4 rings (SSSR count). The third-order valence-corrected chi connectivity index (χ3v) is 7.07. The molecular weight excluding hydrogens is 509 g/mol. The number of rotatable bonds is 7. The number of fused-ring (bicyclic) bond motifs is 1. The van der Waals surface area contributed by atoms with Crippen molar-refractivity contribution < 1.29 is 4.79 Å². The molecule has 1 atom stereocenters. The maximum absolute atomic E-state index is 13.0. The molecule has 6 nitrogen and oxygen atoms in total. The Morgan fingerprint density at radius 2 is 2.17 bits per heavy atom. The van der Waals surface area contributed by atoms with Crippen molar-refractivity contribution in [3.63, 3.8) is 0 Å². The average molecular weight is 533 g/mol. The van der Waals surface area contributed by atoms with Gasteiger partial charge in [0, 0.05) is 12.0 Å². The maximum atomic E-state index is 13.0. The summed E-state index contributed by atoms with van der Waals surface area (Å²) in [7, 11) is 0. The number of amidine groups is 1. The lowest BCUT2D eigenvalue weighted by atomic mass is 10.1. The zero-order valence-electron chi connectivity index (χ0n) is 17.0. The predicted molar refractivity (Wildman–Crippen MR) is 130 cm³/mol. The molecule has 0 saturated carbocycles. The van der Waals surface area contributed by atoms with Gasteiger partial charge in [0.05, 0.1) is 10.6 Å². The number of amides is 1. The minimum Gasteiger partial charge on any atom is -0.277 e. The number of hydrogen-bond donors (Lipinski definition) is 2. The first-order valence-electron chi connectivity index (χ1n) is 10.1. The second-order valence-corrected chi connectivity index (χ2v) is 9.44. The Labute approximate surface area is 193 Å². The smallest absolute Gasteiger partial charge is 0.269 e. The monoisotopic (exact) mass is 533 g/mol. The van der Waals surface area contributed by atoms with Crippen molar-refractivity contribution in [1.29, 1.82) is 0 Å². The van der Waals surface area contributed by atoms with E-state index >= 15 is 0 Å². The molecule has 2 N–H and O–H groups in total. The van der Waals surface area contributed by atoms with Crippen LogP contribution < -0.4 is 5.43 Å². The number of hydrazine groups is 1. The lowest BCUT2D eigenvalue weighted by Crippen LogP contribution is -2.48. The molecule has 30 heavy (non-hydrogen) atoms. The zero-order chi connectivity index (χ0) is 21.1. The summed E-state index contributed by atoms with van der Waals surface area (Å²) in [6.07, 6.45) is 4.08. The molecule has 0 aliphatic carbocycles. The minimum atomic E-state index is -0.134. The summed E-state index contributed by atoms with van der Waals surface area (Å²) >= 11 is 3.99. The van der Waals surface area contributed by atoms with Gasteiger partial charge in [-0.3, -0.25) is 20.3 Å². The second kappa shape index (κ2) is 9.30. The number of hydrogen-bond acceptors (Lipinski definition) is 5. The van der Waals surface area contributed by atoms with Crippen LogP contribution in [0.1, 0.15) is 58.3 Å². The summed E-state index contributed by atoms with van der Waals surface area (Å²) in [5, 5.41) is 11.6. The Hall–Kier alpha value is -2.20. The molecule has 1 aliphatic heterocycles. The number of aliphatic imine (C=N–C) groups is 1. The van der Waals surface area contributed by atoms with Crippen molar-refractivity contribution in [3.05, 3.63) is 58.6 Å². The number of halogens is 1. The van der Waals surface area contributed by atoms with Gasteiger partial charge in [-0.2, -0.15) is 5.10 Å². The van der Waals surface area contributed by atoms with E-state index in [4.69, 9.17) is 4.99 Å². The molecular formula is C22H24IN5OS. The van der Waals surface area contributed by atoms with Crippen molar-refractivity contribution in [2.24, 2.45) is 4.99 Å². The summed E-state index contributed by atoms with van der Waals surface area (Å²) in [6.45, 7) is 4.17. The zero-order valence-corrected chi connectivity index (χ0v) is 20.0. The van der Waals surface area contributed by atoms with Crippen LogP contribution in [0, 0.1) is 6.92 Å². The van der Waals surface area contributed by atoms with Crippen LogP contribution in [-0.2, 0) is 0 Å². The molecule has 0 spiro atoms. The first-order chi connectivity index (χ1) is 14.6. The van der Waals surface area contributed by atoms with E-state index in [1.165, 1.54) is 0 Å². The number of carbonyl (C=O) groups is 1. The van der Waals surface area contributed by atoms with Crippen LogP contribution in [0.25, 0.3) is 10.6 Å². The van der Waals surface area contributed by atoms with Crippen molar-refractivity contribution in [2.45, 2.75) is 43.6 Å². The summed E-state index contributed by atoms with van der Waals surface area (Å²) in [5.74, 6) is 0.737. The molecule has 0 bridgehead atoms. The van der Waals surface area contributed by atoms with Gasteiger partial charge >= 0.3 is 0 Å². The second-order valence-electron chi connectivity index (χ2n) is 7.31. The van der Waals surface area contributed by atoms with Crippen molar-refractivity contribution >= 4 is 51.4 Å². The van der Waals surface area contributed by atoms with Crippen LogP contribution in [0.2, 0.25) is 0 Å². The molecule has 3 heterocycles. The Morgan fingerprint density at radius 1 is 1.30 bits per heavy atom. The highest BCUT2D eigenvalue weighted by Gasteiger charge is 2.33. The fourth-order valence-electron chi connectivity index (χ4n) is 3.45. The lowest BCUT2D eigenvalue weighted by molar-refractivity contribution is 0.0861. The summed E-state index contributed by atoms with van der Waals surface area (Å²) < 4.78 is -0.123. The summed E-state index contributed by atoms with van der Waals surface area (Å²) in [6, 6.07) is 11.7. The molecule has 1 aliphatic rings. The Balaban J connectivity index is 1.66. The predicted octanol–water partition coefficient (Wildman–Crippen LogP) is 6.15.